The van der Waals surface area contributed by atoms with E-state index >= 15 is 0 Å². The van der Waals surface area contributed by atoms with Crippen LogP contribution in [-0.2, 0) is 19.1 Å². The molecule has 1 rings (SSSR count). The van der Waals surface area contributed by atoms with Gasteiger partial charge in [-0.25, -0.2) is 4.79 Å². The van der Waals surface area contributed by atoms with E-state index in [4.69, 9.17) is 9.47 Å². The molecule has 0 aliphatic carbocycles. The maximum atomic E-state index is 12.2. The fourth-order valence-corrected chi connectivity index (χ4v) is 3.17. The molecule has 0 amide bonds. The number of hydrogen-bond acceptors (Lipinski definition) is 5. The molecular weight excluding hydrogens is 320 g/mol. The van der Waals surface area contributed by atoms with Crippen LogP contribution >= 0.6 is 0 Å². The second-order valence-corrected chi connectivity index (χ2v) is 8.28. The molecule has 0 radical (unpaired) electrons. The summed E-state index contributed by atoms with van der Waals surface area (Å²) in [6.07, 6.45) is 3.25. The van der Waals surface area contributed by atoms with E-state index in [1.165, 1.54) is 0 Å². The van der Waals surface area contributed by atoms with Gasteiger partial charge >= 0.3 is 11.9 Å². The predicted molar refractivity (Wildman–Crippen MR) is 96.8 cm³/mol. The molecule has 5 heteroatoms. The highest BCUT2D eigenvalue weighted by molar-refractivity contribution is 5.91. The Balaban J connectivity index is 2.66. The lowest BCUT2D eigenvalue weighted by molar-refractivity contribution is -0.167. The van der Waals surface area contributed by atoms with E-state index in [2.05, 4.69) is 41.5 Å². The van der Waals surface area contributed by atoms with E-state index < -0.39 is 11.6 Å². The molecule has 1 unspecified atom stereocenters. The van der Waals surface area contributed by atoms with Crippen molar-refractivity contribution in [2.24, 2.45) is 23.7 Å². The Hall–Kier alpha value is -1.36. The Kier molecular flexibility index (Phi) is 8.13. The van der Waals surface area contributed by atoms with Crippen LogP contribution < -0.4 is 0 Å². The Labute approximate surface area is 151 Å². The van der Waals surface area contributed by atoms with Gasteiger partial charge in [0.2, 0.25) is 0 Å². The Morgan fingerprint density at radius 3 is 2.32 bits per heavy atom. The molecule has 1 heterocycles. The van der Waals surface area contributed by atoms with E-state index in [-0.39, 0.29) is 31.5 Å². The van der Waals surface area contributed by atoms with Gasteiger partial charge in [-0.3, -0.25) is 4.79 Å². The predicted octanol–water partition coefficient (Wildman–Crippen LogP) is 3.50. The average molecular weight is 354 g/mol. The van der Waals surface area contributed by atoms with E-state index in [0.29, 0.717) is 29.7 Å². The quantitative estimate of drug-likeness (QED) is 0.507. The summed E-state index contributed by atoms with van der Waals surface area (Å²) >= 11 is 0. The second kappa shape index (κ2) is 9.37. The minimum Gasteiger partial charge on any atom is -0.461 e. The van der Waals surface area contributed by atoms with Crippen molar-refractivity contribution in [3.63, 3.8) is 0 Å². The van der Waals surface area contributed by atoms with Gasteiger partial charge in [-0.05, 0) is 30.1 Å². The third-order valence-electron chi connectivity index (χ3n) is 4.82. The molecule has 25 heavy (non-hydrogen) atoms. The van der Waals surface area contributed by atoms with Gasteiger partial charge in [-0.2, -0.15) is 0 Å². The van der Waals surface area contributed by atoms with Crippen LogP contribution in [0.2, 0.25) is 0 Å². The van der Waals surface area contributed by atoms with E-state index in [1.807, 2.05) is 6.08 Å². The van der Waals surface area contributed by atoms with Crippen molar-refractivity contribution in [1.29, 1.82) is 0 Å². The van der Waals surface area contributed by atoms with E-state index in [1.54, 1.807) is 0 Å². The summed E-state index contributed by atoms with van der Waals surface area (Å²) in [6, 6.07) is 0. The number of ether oxygens (including phenoxy) is 2. The van der Waals surface area contributed by atoms with E-state index in [9.17, 15) is 14.7 Å². The van der Waals surface area contributed by atoms with Gasteiger partial charge in [0, 0.05) is 18.4 Å². The topological polar surface area (TPSA) is 72.8 Å². The molecule has 0 spiro atoms. The highest BCUT2D eigenvalue weighted by Gasteiger charge is 2.44. The van der Waals surface area contributed by atoms with Crippen LogP contribution in [0.3, 0.4) is 0 Å². The Morgan fingerprint density at radius 2 is 1.84 bits per heavy atom. The number of aliphatic hydroxyl groups excluding tert-OH is 1. The Bertz CT molecular complexity index is 484. The first kappa shape index (κ1) is 21.7. The Morgan fingerprint density at radius 1 is 1.24 bits per heavy atom. The van der Waals surface area contributed by atoms with Gasteiger partial charge < -0.3 is 14.6 Å². The van der Waals surface area contributed by atoms with Crippen molar-refractivity contribution < 1.29 is 24.2 Å². The van der Waals surface area contributed by atoms with Crippen molar-refractivity contribution in [2.45, 2.75) is 66.4 Å². The van der Waals surface area contributed by atoms with Crippen LogP contribution in [0, 0.1) is 23.7 Å². The summed E-state index contributed by atoms with van der Waals surface area (Å²) in [5.41, 5.74) is -0.582. The zero-order valence-corrected chi connectivity index (χ0v) is 16.5. The standard InChI is InChI=1S/C20H34O5/c1-13(2)7-8-16-10-20(11-21,25-19(16)23)12-24-18(22)9-17(14(3)4)15(5)6/h8,13-15,17,21H,7,9-12H2,1-6H3/b16-8+. The summed E-state index contributed by atoms with van der Waals surface area (Å²) in [4.78, 5) is 24.2. The highest BCUT2D eigenvalue weighted by Crippen LogP contribution is 2.32. The number of cyclic esters (lactones) is 1. The number of allylic oxidation sites excluding steroid dienone is 1. The molecule has 0 saturated carbocycles. The molecule has 1 fully saturated rings. The maximum Gasteiger partial charge on any atom is 0.334 e. The first-order chi connectivity index (χ1) is 11.6. The fraction of sp³-hybridized carbons (Fsp3) is 0.800. The van der Waals surface area contributed by atoms with Crippen molar-refractivity contribution >= 4 is 11.9 Å². The zero-order chi connectivity index (χ0) is 19.2. The van der Waals surface area contributed by atoms with Gasteiger partial charge in [0.15, 0.2) is 5.60 Å². The fourth-order valence-electron chi connectivity index (χ4n) is 3.17. The molecular formula is C20H34O5. The number of aliphatic hydroxyl groups is 1. The number of hydrogen-bond donors (Lipinski definition) is 1. The van der Waals surface area contributed by atoms with Crippen LogP contribution in [0.5, 0.6) is 0 Å². The van der Waals surface area contributed by atoms with Gasteiger partial charge in [0.1, 0.15) is 6.61 Å². The van der Waals surface area contributed by atoms with Crippen LogP contribution in [0.15, 0.2) is 11.6 Å². The number of esters is 2. The number of carbonyl (C=O) groups excluding carboxylic acids is 2. The van der Waals surface area contributed by atoms with Gasteiger partial charge in [-0.1, -0.05) is 47.6 Å². The molecule has 0 aromatic carbocycles. The summed E-state index contributed by atoms with van der Waals surface area (Å²) < 4.78 is 10.7. The van der Waals surface area contributed by atoms with Crippen LogP contribution in [0.4, 0.5) is 0 Å². The van der Waals surface area contributed by atoms with Gasteiger partial charge in [0.25, 0.3) is 0 Å². The normalized spacial score (nSPS) is 22.5. The third kappa shape index (κ3) is 6.46. The minimum atomic E-state index is -1.14. The van der Waals surface area contributed by atoms with Gasteiger partial charge in [0.05, 0.1) is 6.61 Å². The lowest BCUT2D eigenvalue weighted by Gasteiger charge is -2.26. The SMILES string of the molecule is CC(C)C/C=C1\CC(CO)(COC(=O)CC(C(C)C)C(C)C)OC1=O. The van der Waals surface area contributed by atoms with Crippen LogP contribution in [0.1, 0.15) is 60.8 Å². The molecule has 0 aromatic heterocycles. The smallest absolute Gasteiger partial charge is 0.334 e. The molecule has 1 N–H and O–H groups in total. The number of carbonyl (C=O) groups is 2. The average Bonchev–Trinajstić information content (AvgIpc) is 2.85. The molecule has 0 bridgehead atoms. The van der Waals surface area contributed by atoms with Crippen LogP contribution in [0.25, 0.3) is 0 Å². The molecule has 5 nitrogen and oxygen atoms in total. The molecule has 144 valence electrons. The van der Waals surface area contributed by atoms with E-state index in [0.717, 1.165) is 6.42 Å². The van der Waals surface area contributed by atoms with Crippen molar-refractivity contribution in [3.8, 4) is 0 Å². The minimum absolute atomic E-state index is 0.101. The summed E-state index contributed by atoms with van der Waals surface area (Å²) in [5.74, 6) is 0.712. The molecule has 1 aliphatic rings. The zero-order valence-electron chi connectivity index (χ0n) is 16.5. The molecule has 0 aromatic rings. The molecule has 1 atom stereocenters. The summed E-state index contributed by atoms with van der Waals surface area (Å²) in [7, 11) is 0. The van der Waals surface area contributed by atoms with Crippen molar-refractivity contribution in [2.75, 3.05) is 13.2 Å². The lowest BCUT2D eigenvalue weighted by atomic mass is 9.83. The highest BCUT2D eigenvalue weighted by atomic mass is 16.6. The second-order valence-electron chi connectivity index (χ2n) is 8.28. The molecule has 1 saturated heterocycles. The first-order valence-corrected chi connectivity index (χ1v) is 9.29. The summed E-state index contributed by atoms with van der Waals surface area (Å²) in [6.45, 7) is 12.1. The monoisotopic (exact) mass is 354 g/mol. The van der Waals surface area contributed by atoms with Crippen molar-refractivity contribution in [3.05, 3.63) is 11.6 Å². The van der Waals surface area contributed by atoms with Crippen LogP contribution in [-0.4, -0.2) is 35.9 Å². The third-order valence-corrected chi connectivity index (χ3v) is 4.82. The maximum absolute atomic E-state index is 12.2. The number of rotatable bonds is 9. The van der Waals surface area contributed by atoms with Crippen molar-refractivity contribution in [1.82, 2.24) is 0 Å². The lowest BCUT2D eigenvalue weighted by Crippen LogP contribution is -2.39. The first-order valence-electron chi connectivity index (χ1n) is 9.29. The van der Waals surface area contributed by atoms with Gasteiger partial charge in [-0.15, -0.1) is 0 Å². The molecule has 1 aliphatic heterocycles. The summed E-state index contributed by atoms with van der Waals surface area (Å²) in [5, 5.41) is 9.70. The largest absolute Gasteiger partial charge is 0.461 e.